The Hall–Kier alpha value is -2.93. The molecule has 3 heterocycles. The van der Waals surface area contributed by atoms with E-state index in [1.807, 2.05) is 41.0 Å². The van der Waals surface area contributed by atoms with Crippen LogP contribution in [-0.2, 0) is 9.59 Å². The fourth-order valence-corrected chi connectivity index (χ4v) is 5.72. The molecule has 1 aromatic rings. The summed E-state index contributed by atoms with van der Waals surface area (Å²) in [7, 11) is 0. The van der Waals surface area contributed by atoms with Gasteiger partial charge in [0.05, 0.1) is 5.92 Å². The van der Waals surface area contributed by atoms with E-state index >= 15 is 0 Å². The molecule has 1 aromatic carbocycles. The topological polar surface area (TPSA) is 85.2 Å². The highest BCUT2D eigenvalue weighted by atomic mass is 16.4. The van der Waals surface area contributed by atoms with Crippen molar-refractivity contribution in [3.05, 3.63) is 58.9 Å². The SMILES string of the molecule is C=NC1=C(/C=C\CCC2CCN(C(=O)C3CN(C(C(=O)O)c4ccccc4C)C3)CC2)CCCN1.CC1CC1. The molecular formula is C32H46N4O3. The van der Waals surface area contributed by atoms with Crippen LogP contribution >= 0.6 is 0 Å². The quantitative estimate of drug-likeness (QED) is 0.418. The van der Waals surface area contributed by atoms with Gasteiger partial charge in [0.25, 0.3) is 0 Å². The van der Waals surface area contributed by atoms with Crippen LogP contribution in [-0.4, -0.2) is 66.2 Å². The maximum absolute atomic E-state index is 13.0. The number of likely N-dealkylation sites (tertiary alicyclic amines) is 2. The first-order valence-electron chi connectivity index (χ1n) is 14.8. The Morgan fingerprint density at radius 3 is 2.49 bits per heavy atom. The molecule has 0 aromatic heterocycles. The fourth-order valence-electron chi connectivity index (χ4n) is 5.72. The van der Waals surface area contributed by atoms with Crippen molar-refractivity contribution in [3.8, 4) is 0 Å². The Morgan fingerprint density at radius 1 is 1.18 bits per heavy atom. The van der Waals surface area contributed by atoms with Gasteiger partial charge in [-0.15, -0.1) is 0 Å². The molecular weight excluding hydrogens is 488 g/mol. The number of carboxylic acids is 1. The van der Waals surface area contributed by atoms with Gasteiger partial charge in [0, 0.05) is 32.7 Å². The van der Waals surface area contributed by atoms with Crippen LogP contribution in [0.4, 0.5) is 0 Å². The molecule has 4 aliphatic rings. The lowest BCUT2D eigenvalue weighted by Gasteiger charge is -2.44. The summed E-state index contributed by atoms with van der Waals surface area (Å²) in [6.45, 7) is 11.5. The lowest BCUT2D eigenvalue weighted by Crippen LogP contribution is -2.57. The number of aliphatic carboxylic acids is 1. The number of rotatable bonds is 9. The minimum atomic E-state index is -0.854. The number of benzene rings is 1. The van der Waals surface area contributed by atoms with Crippen LogP contribution in [0.5, 0.6) is 0 Å². The molecule has 1 unspecified atom stereocenters. The second kappa shape index (κ2) is 13.9. The summed E-state index contributed by atoms with van der Waals surface area (Å²) >= 11 is 0. The number of carbonyl (C=O) groups excluding carboxylic acids is 1. The van der Waals surface area contributed by atoms with E-state index in [1.54, 1.807) is 0 Å². The van der Waals surface area contributed by atoms with Crippen molar-refractivity contribution < 1.29 is 14.7 Å². The van der Waals surface area contributed by atoms with Crippen molar-refractivity contribution in [2.24, 2.45) is 22.7 Å². The van der Waals surface area contributed by atoms with Gasteiger partial charge < -0.3 is 15.3 Å². The number of allylic oxidation sites excluding steroid dienone is 3. The van der Waals surface area contributed by atoms with Crippen LogP contribution in [0, 0.1) is 24.7 Å². The van der Waals surface area contributed by atoms with Crippen molar-refractivity contribution in [2.75, 3.05) is 32.7 Å². The number of nitrogens with zero attached hydrogens (tertiary/aromatic N) is 3. The van der Waals surface area contributed by atoms with Crippen molar-refractivity contribution >= 4 is 18.6 Å². The number of piperidine rings is 1. The van der Waals surface area contributed by atoms with Gasteiger partial charge in [-0.1, -0.05) is 56.2 Å². The monoisotopic (exact) mass is 534 g/mol. The molecule has 7 nitrogen and oxygen atoms in total. The van der Waals surface area contributed by atoms with Crippen molar-refractivity contribution in [1.82, 2.24) is 15.1 Å². The third kappa shape index (κ3) is 8.04. The van der Waals surface area contributed by atoms with E-state index in [-0.39, 0.29) is 11.8 Å². The van der Waals surface area contributed by atoms with E-state index in [4.69, 9.17) is 0 Å². The zero-order valence-electron chi connectivity index (χ0n) is 23.8. The summed E-state index contributed by atoms with van der Waals surface area (Å²) in [5.41, 5.74) is 3.03. The molecule has 3 fully saturated rings. The van der Waals surface area contributed by atoms with Gasteiger partial charge in [-0.3, -0.25) is 14.5 Å². The van der Waals surface area contributed by atoms with Crippen LogP contribution in [0.1, 0.15) is 75.5 Å². The Balaban J connectivity index is 0.000000808. The van der Waals surface area contributed by atoms with Crippen LogP contribution in [0.3, 0.4) is 0 Å². The van der Waals surface area contributed by atoms with Gasteiger partial charge in [0.1, 0.15) is 11.9 Å². The highest BCUT2D eigenvalue weighted by Crippen LogP contribution is 2.33. The third-order valence-electron chi connectivity index (χ3n) is 8.57. The van der Waals surface area contributed by atoms with Crippen LogP contribution < -0.4 is 5.32 Å². The highest BCUT2D eigenvalue weighted by Gasteiger charge is 2.42. The molecule has 5 rings (SSSR count). The first-order chi connectivity index (χ1) is 18.9. The number of carboxylic acid groups (broad SMARTS) is 1. The molecule has 1 amide bonds. The number of hydrogen-bond donors (Lipinski definition) is 2. The molecule has 0 radical (unpaired) electrons. The van der Waals surface area contributed by atoms with Gasteiger partial charge in [0.2, 0.25) is 5.91 Å². The fraction of sp³-hybridized carbons (Fsp3) is 0.594. The van der Waals surface area contributed by atoms with Gasteiger partial charge in [-0.05, 0) is 80.7 Å². The normalized spacial score (nSPS) is 21.5. The van der Waals surface area contributed by atoms with E-state index in [0.717, 1.165) is 81.0 Å². The summed E-state index contributed by atoms with van der Waals surface area (Å²) < 4.78 is 0. The molecule has 2 saturated heterocycles. The second-order valence-electron chi connectivity index (χ2n) is 11.7. The molecule has 1 saturated carbocycles. The third-order valence-corrected chi connectivity index (χ3v) is 8.57. The average Bonchev–Trinajstić information content (AvgIpc) is 3.71. The minimum Gasteiger partial charge on any atom is -0.480 e. The molecule has 7 heteroatoms. The maximum atomic E-state index is 13.0. The number of aliphatic imine (C=N–C) groups is 1. The average molecular weight is 535 g/mol. The highest BCUT2D eigenvalue weighted by molar-refractivity contribution is 5.81. The van der Waals surface area contributed by atoms with Crippen molar-refractivity contribution in [2.45, 2.75) is 71.3 Å². The predicted molar refractivity (Wildman–Crippen MR) is 157 cm³/mol. The molecule has 1 atom stereocenters. The summed E-state index contributed by atoms with van der Waals surface area (Å²) in [6, 6.07) is 6.93. The molecule has 0 bridgehead atoms. The number of amides is 1. The zero-order chi connectivity index (χ0) is 27.8. The standard InChI is InChI=1S/C28H38N4O3.C4H8/c1-20-8-3-6-12-24(20)25(28(34)35)32-18-23(19-32)27(33)31-16-13-21(14-17-31)9-4-5-10-22-11-7-15-30-26(22)29-2;1-4-2-3-4/h3,5-6,8,10,12,21,23,25,30H,2,4,7,9,11,13-19H2,1H3,(H,34,35);4H,2-3H2,1H3/b10-5-;. The Kier molecular flexibility index (Phi) is 10.4. The Bertz CT molecular complexity index is 1060. The largest absolute Gasteiger partial charge is 0.480 e. The van der Waals surface area contributed by atoms with Crippen molar-refractivity contribution in [1.29, 1.82) is 0 Å². The Morgan fingerprint density at radius 2 is 1.87 bits per heavy atom. The molecule has 39 heavy (non-hydrogen) atoms. The zero-order valence-corrected chi connectivity index (χ0v) is 23.8. The van der Waals surface area contributed by atoms with Gasteiger partial charge >= 0.3 is 5.97 Å². The number of nitrogens with one attached hydrogen (secondary N) is 1. The molecule has 2 N–H and O–H groups in total. The van der Waals surface area contributed by atoms with E-state index in [2.05, 4.69) is 36.1 Å². The van der Waals surface area contributed by atoms with E-state index in [9.17, 15) is 14.7 Å². The predicted octanol–water partition coefficient (Wildman–Crippen LogP) is 5.34. The van der Waals surface area contributed by atoms with Crippen molar-refractivity contribution in [3.63, 3.8) is 0 Å². The second-order valence-corrected chi connectivity index (χ2v) is 11.7. The van der Waals surface area contributed by atoms with Crippen LogP contribution in [0.15, 0.2) is 52.8 Å². The first kappa shape index (κ1) is 29.1. The molecule has 212 valence electrons. The molecule has 0 spiro atoms. The summed E-state index contributed by atoms with van der Waals surface area (Å²) in [5.74, 6) is 1.89. The van der Waals surface area contributed by atoms with Gasteiger partial charge in [-0.25, -0.2) is 4.99 Å². The van der Waals surface area contributed by atoms with Crippen LogP contribution in [0.2, 0.25) is 0 Å². The number of hydrogen-bond acceptors (Lipinski definition) is 5. The number of carbonyl (C=O) groups is 2. The Labute approximate surface area is 234 Å². The summed E-state index contributed by atoms with van der Waals surface area (Å²) in [5, 5.41) is 13.1. The summed E-state index contributed by atoms with van der Waals surface area (Å²) in [4.78, 5) is 33.0. The van der Waals surface area contributed by atoms with Gasteiger partial charge in [-0.2, -0.15) is 0 Å². The molecule has 1 aliphatic carbocycles. The first-order valence-corrected chi connectivity index (χ1v) is 14.8. The lowest BCUT2D eigenvalue weighted by atomic mass is 9.89. The minimum absolute atomic E-state index is 0.0922. The maximum Gasteiger partial charge on any atom is 0.325 e. The van der Waals surface area contributed by atoms with E-state index in [0.29, 0.717) is 19.0 Å². The smallest absolute Gasteiger partial charge is 0.325 e. The lowest BCUT2D eigenvalue weighted by molar-refractivity contribution is -0.153. The van der Waals surface area contributed by atoms with E-state index in [1.165, 1.54) is 18.4 Å². The molecule has 3 aliphatic heterocycles. The van der Waals surface area contributed by atoms with Gasteiger partial charge in [0.15, 0.2) is 0 Å². The summed E-state index contributed by atoms with van der Waals surface area (Å²) in [6.07, 6.45) is 13.9. The van der Waals surface area contributed by atoms with Crippen LogP contribution in [0.25, 0.3) is 0 Å². The number of aryl methyl sites for hydroxylation is 1. The van der Waals surface area contributed by atoms with E-state index < -0.39 is 12.0 Å².